The molecule has 0 saturated carbocycles. The Kier molecular flexibility index (Phi) is 4.43. The highest BCUT2D eigenvalue weighted by atomic mass is 16.7. The SMILES string of the molecule is COC(COc1ccccc1C)OC. The Bertz CT molecular complexity index is 269. The standard InChI is InChI=1S/C11H16O3/c1-9-6-4-5-7-10(9)14-8-11(12-2)13-3/h4-7,11H,8H2,1-3H3. The average molecular weight is 196 g/mol. The molecule has 0 N–H and O–H groups in total. The highest BCUT2D eigenvalue weighted by molar-refractivity contribution is 5.31. The zero-order valence-corrected chi connectivity index (χ0v) is 8.82. The van der Waals surface area contributed by atoms with Gasteiger partial charge in [0.15, 0.2) is 6.29 Å². The van der Waals surface area contributed by atoms with Crippen molar-refractivity contribution in [3.05, 3.63) is 29.8 Å². The lowest BCUT2D eigenvalue weighted by Crippen LogP contribution is -2.22. The predicted molar refractivity (Wildman–Crippen MR) is 54.5 cm³/mol. The summed E-state index contributed by atoms with van der Waals surface area (Å²) < 4.78 is 15.6. The van der Waals surface area contributed by atoms with Crippen molar-refractivity contribution >= 4 is 0 Å². The maximum absolute atomic E-state index is 5.53. The van der Waals surface area contributed by atoms with Gasteiger partial charge in [-0.15, -0.1) is 0 Å². The molecule has 0 unspecified atom stereocenters. The second-order valence-electron chi connectivity index (χ2n) is 2.98. The third-order valence-electron chi connectivity index (χ3n) is 1.99. The van der Waals surface area contributed by atoms with Gasteiger partial charge in [-0.1, -0.05) is 18.2 Å². The van der Waals surface area contributed by atoms with Crippen LogP contribution in [0.3, 0.4) is 0 Å². The van der Waals surface area contributed by atoms with Crippen molar-refractivity contribution in [3.8, 4) is 5.75 Å². The molecule has 0 aromatic heterocycles. The van der Waals surface area contributed by atoms with Gasteiger partial charge in [-0.3, -0.25) is 0 Å². The van der Waals surface area contributed by atoms with E-state index in [4.69, 9.17) is 14.2 Å². The monoisotopic (exact) mass is 196 g/mol. The van der Waals surface area contributed by atoms with Crippen LogP contribution in [0.25, 0.3) is 0 Å². The maximum Gasteiger partial charge on any atom is 0.191 e. The van der Waals surface area contributed by atoms with Crippen molar-refractivity contribution in [3.63, 3.8) is 0 Å². The minimum Gasteiger partial charge on any atom is -0.488 e. The van der Waals surface area contributed by atoms with Crippen molar-refractivity contribution in [2.24, 2.45) is 0 Å². The molecule has 0 amide bonds. The quantitative estimate of drug-likeness (QED) is 0.674. The largest absolute Gasteiger partial charge is 0.488 e. The second kappa shape index (κ2) is 5.62. The molecule has 0 radical (unpaired) electrons. The summed E-state index contributed by atoms with van der Waals surface area (Å²) in [7, 11) is 3.19. The number of hydrogen-bond acceptors (Lipinski definition) is 3. The molecule has 0 spiro atoms. The van der Waals surface area contributed by atoms with Gasteiger partial charge in [0.1, 0.15) is 12.4 Å². The van der Waals surface area contributed by atoms with Crippen molar-refractivity contribution in [2.45, 2.75) is 13.2 Å². The van der Waals surface area contributed by atoms with E-state index in [0.717, 1.165) is 11.3 Å². The summed E-state index contributed by atoms with van der Waals surface area (Å²) in [4.78, 5) is 0. The van der Waals surface area contributed by atoms with E-state index in [1.54, 1.807) is 14.2 Å². The summed E-state index contributed by atoms with van der Waals surface area (Å²) in [5, 5.41) is 0. The topological polar surface area (TPSA) is 27.7 Å². The lowest BCUT2D eigenvalue weighted by Gasteiger charge is -2.15. The Hall–Kier alpha value is -1.06. The van der Waals surface area contributed by atoms with E-state index in [-0.39, 0.29) is 6.29 Å². The van der Waals surface area contributed by atoms with Crippen LogP contribution in [0.4, 0.5) is 0 Å². The Balaban J connectivity index is 2.49. The maximum atomic E-state index is 5.53. The molecular formula is C11H16O3. The molecule has 3 heteroatoms. The van der Waals surface area contributed by atoms with E-state index < -0.39 is 0 Å². The van der Waals surface area contributed by atoms with Crippen LogP contribution in [0.2, 0.25) is 0 Å². The Morgan fingerprint density at radius 3 is 2.36 bits per heavy atom. The first-order chi connectivity index (χ1) is 6.77. The Morgan fingerprint density at radius 2 is 1.79 bits per heavy atom. The summed E-state index contributed by atoms with van der Waals surface area (Å²) in [5.41, 5.74) is 1.11. The van der Waals surface area contributed by atoms with Gasteiger partial charge < -0.3 is 14.2 Å². The fraction of sp³-hybridized carbons (Fsp3) is 0.455. The number of methoxy groups -OCH3 is 2. The molecule has 0 bridgehead atoms. The Labute approximate surface area is 84.6 Å². The van der Waals surface area contributed by atoms with Crippen LogP contribution in [0.1, 0.15) is 5.56 Å². The molecule has 14 heavy (non-hydrogen) atoms. The molecule has 0 heterocycles. The fourth-order valence-electron chi connectivity index (χ4n) is 1.11. The van der Waals surface area contributed by atoms with Gasteiger partial charge in [0.25, 0.3) is 0 Å². The van der Waals surface area contributed by atoms with Crippen molar-refractivity contribution in [1.82, 2.24) is 0 Å². The number of ether oxygens (including phenoxy) is 3. The molecule has 1 rings (SSSR count). The molecule has 3 nitrogen and oxygen atoms in total. The summed E-state index contributed by atoms with van der Waals surface area (Å²) in [5.74, 6) is 0.867. The molecular weight excluding hydrogens is 180 g/mol. The molecule has 1 aromatic carbocycles. The fourth-order valence-corrected chi connectivity index (χ4v) is 1.11. The van der Waals surface area contributed by atoms with Gasteiger partial charge in [-0.05, 0) is 18.6 Å². The smallest absolute Gasteiger partial charge is 0.191 e. The third kappa shape index (κ3) is 3.01. The van der Waals surface area contributed by atoms with Crippen molar-refractivity contribution < 1.29 is 14.2 Å². The van der Waals surface area contributed by atoms with Gasteiger partial charge in [0.05, 0.1) is 0 Å². The van der Waals surface area contributed by atoms with E-state index in [0.29, 0.717) is 6.61 Å². The number of benzene rings is 1. The summed E-state index contributed by atoms with van der Waals surface area (Å²) in [6.07, 6.45) is -0.311. The van der Waals surface area contributed by atoms with Gasteiger partial charge in [0.2, 0.25) is 0 Å². The van der Waals surface area contributed by atoms with E-state index in [9.17, 15) is 0 Å². The molecule has 0 fully saturated rings. The van der Waals surface area contributed by atoms with E-state index in [1.807, 2.05) is 31.2 Å². The van der Waals surface area contributed by atoms with Crippen LogP contribution < -0.4 is 4.74 Å². The summed E-state index contributed by atoms with van der Waals surface area (Å²) >= 11 is 0. The lowest BCUT2D eigenvalue weighted by atomic mass is 10.2. The zero-order valence-electron chi connectivity index (χ0n) is 8.82. The van der Waals surface area contributed by atoms with Crippen molar-refractivity contribution in [2.75, 3.05) is 20.8 Å². The first kappa shape index (κ1) is 11.0. The van der Waals surface area contributed by atoms with Crippen LogP contribution >= 0.6 is 0 Å². The molecule has 0 saturated heterocycles. The first-order valence-electron chi connectivity index (χ1n) is 4.52. The number of rotatable bonds is 5. The minimum atomic E-state index is -0.311. The first-order valence-corrected chi connectivity index (χ1v) is 4.52. The lowest BCUT2D eigenvalue weighted by molar-refractivity contribution is -0.122. The van der Waals surface area contributed by atoms with Crippen LogP contribution in [0.15, 0.2) is 24.3 Å². The third-order valence-corrected chi connectivity index (χ3v) is 1.99. The second-order valence-corrected chi connectivity index (χ2v) is 2.98. The zero-order chi connectivity index (χ0) is 10.4. The highest BCUT2D eigenvalue weighted by Gasteiger charge is 2.06. The van der Waals surface area contributed by atoms with Crippen molar-refractivity contribution in [1.29, 1.82) is 0 Å². The van der Waals surface area contributed by atoms with Gasteiger partial charge in [-0.25, -0.2) is 0 Å². The minimum absolute atomic E-state index is 0.311. The van der Waals surface area contributed by atoms with Crippen LogP contribution in [0, 0.1) is 6.92 Å². The summed E-state index contributed by atoms with van der Waals surface area (Å²) in [6, 6.07) is 7.85. The van der Waals surface area contributed by atoms with Gasteiger partial charge in [0, 0.05) is 14.2 Å². The molecule has 1 aromatic rings. The predicted octanol–water partition coefficient (Wildman–Crippen LogP) is 1.99. The molecule has 0 atom stereocenters. The molecule has 0 aliphatic carbocycles. The van der Waals surface area contributed by atoms with Gasteiger partial charge in [-0.2, -0.15) is 0 Å². The van der Waals surface area contributed by atoms with E-state index >= 15 is 0 Å². The number of aryl methyl sites for hydroxylation is 1. The van der Waals surface area contributed by atoms with E-state index in [2.05, 4.69) is 0 Å². The number of para-hydroxylation sites is 1. The van der Waals surface area contributed by atoms with Crippen LogP contribution in [-0.4, -0.2) is 27.1 Å². The van der Waals surface area contributed by atoms with Crippen LogP contribution in [-0.2, 0) is 9.47 Å². The molecule has 78 valence electrons. The Morgan fingerprint density at radius 1 is 1.14 bits per heavy atom. The number of hydrogen-bond donors (Lipinski definition) is 0. The molecule has 0 aliphatic heterocycles. The van der Waals surface area contributed by atoms with Gasteiger partial charge >= 0.3 is 0 Å². The normalized spacial score (nSPS) is 10.6. The average Bonchev–Trinajstić information content (AvgIpc) is 2.22. The molecule has 0 aliphatic rings. The van der Waals surface area contributed by atoms with E-state index in [1.165, 1.54) is 0 Å². The highest BCUT2D eigenvalue weighted by Crippen LogP contribution is 2.16. The van der Waals surface area contributed by atoms with Crippen LogP contribution in [0.5, 0.6) is 5.75 Å². The summed E-state index contributed by atoms with van der Waals surface area (Å²) in [6.45, 7) is 2.40.